The maximum Gasteiger partial charge on any atom is 0.434 e. The number of nitrogens with zero attached hydrogens (tertiary/aromatic N) is 3. The molecule has 0 bridgehead atoms. The van der Waals surface area contributed by atoms with Gasteiger partial charge in [-0.25, -0.2) is 4.98 Å². The van der Waals surface area contributed by atoms with E-state index in [4.69, 9.17) is 0 Å². The Balaban J connectivity index is 1.70. The first kappa shape index (κ1) is 22.8. The molecule has 0 radical (unpaired) electrons. The van der Waals surface area contributed by atoms with Gasteiger partial charge in [-0.15, -0.1) is 0 Å². The minimum atomic E-state index is -4.94. The summed E-state index contributed by atoms with van der Waals surface area (Å²) in [6, 6.07) is 8.56. The first-order valence-electron chi connectivity index (χ1n) is 9.59. The summed E-state index contributed by atoms with van der Waals surface area (Å²) < 4.78 is 80.8. The van der Waals surface area contributed by atoms with E-state index in [1.807, 2.05) is 0 Å². The zero-order valence-corrected chi connectivity index (χ0v) is 16.6. The number of amides is 1. The number of fused-ring (bicyclic) bond motifs is 1. The summed E-state index contributed by atoms with van der Waals surface area (Å²) in [4.78, 5) is 29.8. The van der Waals surface area contributed by atoms with E-state index in [0.29, 0.717) is 0 Å². The Morgan fingerprint density at radius 1 is 1.03 bits per heavy atom. The number of aliphatic hydroxyl groups is 1. The summed E-state index contributed by atoms with van der Waals surface area (Å²) in [5, 5.41) is 9.74. The molecule has 6 nitrogen and oxygen atoms in total. The van der Waals surface area contributed by atoms with E-state index in [0.717, 1.165) is 33.6 Å². The zero-order chi connectivity index (χ0) is 24.2. The fourth-order valence-electron chi connectivity index (χ4n) is 3.71. The zero-order valence-electron chi connectivity index (χ0n) is 16.6. The van der Waals surface area contributed by atoms with Crippen LogP contribution in [0.3, 0.4) is 0 Å². The Morgan fingerprint density at radius 3 is 2.27 bits per heavy atom. The van der Waals surface area contributed by atoms with Crippen LogP contribution in [0.4, 0.5) is 26.3 Å². The van der Waals surface area contributed by atoms with Crippen LogP contribution in [0.25, 0.3) is 16.8 Å². The molecule has 12 heteroatoms. The Kier molecular flexibility index (Phi) is 5.23. The third-order valence-electron chi connectivity index (χ3n) is 5.49. The number of hydrogen-bond donors (Lipinski definition) is 1. The fourth-order valence-corrected chi connectivity index (χ4v) is 3.71. The fraction of sp³-hybridized carbons (Fsp3) is 0.286. The van der Waals surface area contributed by atoms with Crippen molar-refractivity contribution >= 4 is 11.6 Å². The standard InChI is InChI=1S/C21H15F6N3O3/c22-20(23,24)16-15(18(32)30-9-2-1-3-14(30)28-16)12-4-6-13(7-5-12)17(31)29-10-8-19(33,11-29)21(25,26)27/h1-7,9,33H,8,10-11H2. The van der Waals surface area contributed by atoms with Crippen molar-refractivity contribution in [3.05, 3.63) is 70.3 Å². The number of carbonyl (C=O) groups excluding carboxylic acids is 1. The van der Waals surface area contributed by atoms with Gasteiger partial charge in [0.25, 0.3) is 11.5 Å². The highest BCUT2D eigenvalue weighted by atomic mass is 19.4. The van der Waals surface area contributed by atoms with Crippen LogP contribution in [0.5, 0.6) is 0 Å². The summed E-state index contributed by atoms with van der Waals surface area (Å²) in [6.07, 6.45) is -9.27. The highest BCUT2D eigenvalue weighted by Crippen LogP contribution is 2.38. The quantitative estimate of drug-likeness (QED) is 0.581. The molecule has 33 heavy (non-hydrogen) atoms. The monoisotopic (exact) mass is 471 g/mol. The van der Waals surface area contributed by atoms with Crippen LogP contribution < -0.4 is 5.56 Å². The Morgan fingerprint density at radius 2 is 1.70 bits per heavy atom. The number of alkyl halides is 6. The molecule has 4 rings (SSSR count). The second-order valence-corrected chi connectivity index (χ2v) is 7.65. The Bertz CT molecular complexity index is 1280. The van der Waals surface area contributed by atoms with Gasteiger partial charge < -0.3 is 10.0 Å². The predicted octanol–water partition coefficient (Wildman–Crippen LogP) is 3.52. The molecule has 1 aliphatic rings. The van der Waals surface area contributed by atoms with Crippen LogP contribution >= 0.6 is 0 Å². The van der Waals surface area contributed by atoms with Crippen molar-refractivity contribution < 1.29 is 36.2 Å². The van der Waals surface area contributed by atoms with E-state index in [1.54, 1.807) is 0 Å². The van der Waals surface area contributed by atoms with E-state index < -0.39 is 53.6 Å². The minimum absolute atomic E-state index is 0.104. The van der Waals surface area contributed by atoms with Crippen molar-refractivity contribution in [2.24, 2.45) is 0 Å². The molecular weight excluding hydrogens is 456 g/mol. The van der Waals surface area contributed by atoms with Crippen molar-refractivity contribution in [3.8, 4) is 11.1 Å². The maximum atomic E-state index is 13.6. The summed E-state index contributed by atoms with van der Waals surface area (Å²) in [7, 11) is 0. The molecule has 1 unspecified atom stereocenters. The average molecular weight is 471 g/mol. The largest absolute Gasteiger partial charge is 0.434 e. The molecule has 2 aromatic heterocycles. The lowest BCUT2D eigenvalue weighted by atomic mass is 10.0. The number of hydrogen-bond acceptors (Lipinski definition) is 4. The van der Waals surface area contributed by atoms with Crippen molar-refractivity contribution in [2.75, 3.05) is 13.1 Å². The molecule has 1 aromatic carbocycles. The molecule has 1 saturated heterocycles. The van der Waals surface area contributed by atoms with Crippen molar-refractivity contribution in [2.45, 2.75) is 24.4 Å². The molecule has 3 aromatic rings. The topological polar surface area (TPSA) is 74.9 Å². The van der Waals surface area contributed by atoms with Gasteiger partial charge in [-0.3, -0.25) is 14.0 Å². The number of rotatable bonds is 2. The summed E-state index contributed by atoms with van der Waals surface area (Å²) in [5.74, 6) is -0.828. The van der Waals surface area contributed by atoms with Gasteiger partial charge in [-0.1, -0.05) is 18.2 Å². The number of likely N-dealkylation sites (tertiary alicyclic amines) is 1. The van der Waals surface area contributed by atoms with Crippen LogP contribution in [-0.2, 0) is 6.18 Å². The maximum absolute atomic E-state index is 13.6. The van der Waals surface area contributed by atoms with Crippen LogP contribution in [0.2, 0.25) is 0 Å². The normalized spacial score (nSPS) is 19.3. The van der Waals surface area contributed by atoms with Gasteiger partial charge in [0.15, 0.2) is 11.3 Å². The molecule has 0 aliphatic carbocycles. The molecule has 1 aliphatic heterocycles. The number of β-amino-alcohol motifs (C(OH)–C–C–N with tert-alkyl or cyclic N) is 1. The number of carbonyl (C=O) groups is 1. The first-order valence-corrected chi connectivity index (χ1v) is 9.59. The van der Waals surface area contributed by atoms with Gasteiger partial charge >= 0.3 is 12.4 Å². The van der Waals surface area contributed by atoms with E-state index in [9.17, 15) is 41.0 Å². The van der Waals surface area contributed by atoms with Crippen LogP contribution in [0, 0.1) is 0 Å². The molecule has 1 fully saturated rings. The number of benzene rings is 1. The van der Waals surface area contributed by atoms with E-state index in [2.05, 4.69) is 4.98 Å². The van der Waals surface area contributed by atoms with Gasteiger partial charge in [0, 0.05) is 24.7 Å². The molecule has 1 amide bonds. The van der Waals surface area contributed by atoms with E-state index in [-0.39, 0.29) is 23.3 Å². The molecular formula is C21H15F6N3O3. The van der Waals surface area contributed by atoms with Gasteiger partial charge in [-0.2, -0.15) is 26.3 Å². The van der Waals surface area contributed by atoms with Crippen molar-refractivity contribution in [3.63, 3.8) is 0 Å². The third kappa shape index (κ3) is 3.94. The first-order chi connectivity index (χ1) is 15.3. The molecule has 0 spiro atoms. The smallest absolute Gasteiger partial charge is 0.379 e. The molecule has 0 saturated carbocycles. The molecule has 1 atom stereocenters. The van der Waals surface area contributed by atoms with Crippen LogP contribution in [-0.4, -0.2) is 50.2 Å². The Hall–Kier alpha value is -3.41. The average Bonchev–Trinajstić information content (AvgIpc) is 3.16. The van der Waals surface area contributed by atoms with Crippen molar-refractivity contribution in [1.82, 2.24) is 14.3 Å². The Labute approximate surface area is 181 Å². The van der Waals surface area contributed by atoms with Gasteiger partial charge in [0.2, 0.25) is 0 Å². The van der Waals surface area contributed by atoms with Gasteiger partial charge in [0.1, 0.15) is 5.65 Å². The lowest BCUT2D eigenvalue weighted by Gasteiger charge is -2.26. The number of aromatic nitrogens is 2. The third-order valence-corrected chi connectivity index (χ3v) is 5.49. The lowest BCUT2D eigenvalue weighted by Crippen LogP contribution is -2.48. The highest BCUT2D eigenvalue weighted by molar-refractivity contribution is 5.95. The molecule has 1 N–H and O–H groups in total. The van der Waals surface area contributed by atoms with Crippen molar-refractivity contribution in [1.29, 1.82) is 0 Å². The summed E-state index contributed by atoms with van der Waals surface area (Å²) in [5.41, 5.74) is -6.57. The van der Waals surface area contributed by atoms with E-state index >= 15 is 0 Å². The SMILES string of the molecule is O=C(c1ccc(-c2c(C(F)(F)F)nc3ccccn3c2=O)cc1)N1CCC(O)(C(F)(F)F)C1. The number of pyridine rings is 1. The predicted molar refractivity (Wildman–Crippen MR) is 103 cm³/mol. The molecule has 3 heterocycles. The summed E-state index contributed by atoms with van der Waals surface area (Å²) >= 11 is 0. The number of halogens is 6. The highest BCUT2D eigenvalue weighted by Gasteiger charge is 2.57. The molecule has 174 valence electrons. The van der Waals surface area contributed by atoms with Crippen LogP contribution in [0.15, 0.2) is 53.5 Å². The minimum Gasteiger partial charge on any atom is -0.379 e. The van der Waals surface area contributed by atoms with Gasteiger partial charge in [0.05, 0.1) is 12.1 Å². The van der Waals surface area contributed by atoms with Gasteiger partial charge in [-0.05, 0) is 29.8 Å². The van der Waals surface area contributed by atoms with E-state index in [1.165, 1.54) is 24.4 Å². The summed E-state index contributed by atoms with van der Waals surface area (Å²) in [6.45, 7) is -1.30. The second kappa shape index (κ2) is 7.58. The van der Waals surface area contributed by atoms with Crippen LogP contribution in [0.1, 0.15) is 22.5 Å². The second-order valence-electron chi connectivity index (χ2n) is 7.65. The lowest BCUT2D eigenvalue weighted by molar-refractivity contribution is -0.253.